The summed E-state index contributed by atoms with van der Waals surface area (Å²) in [5, 5.41) is 0.582. The molecule has 4 aromatic rings. The highest BCUT2D eigenvalue weighted by Gasteiger charge is 2.29. The molecule has 192 valence electrons. The van der Waals surface area contributed by atoms with Crippen molar-refractivity contribution in [3.05, 3.63) is 83.2 Å². The normalized spacial score (nSPS) is 16.7. The second-order valence-corrected chi connectivity index (χ2v) is 12.6. The molecule has 1 unspecified atom stereocenters. The molecule has 5 rings (SSSR count). The third kappa shape index (κ3) is 5.16. The number of piperidine rings is 1. The molecule has 0 N–H and O–H groups in total. The first-order valence-corrected chi connectivity index (χ1v) is 14.7. The van der Waals surface area contributed by atoms with Crippen LogP contribution in [-0.2, 0) is 16.6 Å². The zero-order valence-corrected chi connectivity index (χ0v) is 22.8. The van der Waals surface area contributed by atoms with E-state index in [1.54, 1.807) is 27.5 Å². The number of pyridine rings is 1. The van der Waals surface area contributed by atoms with Crippen LogP contribution < -0.4 is 4.90 Å². The highest BCUT2D eigenvalue weighted by Crippen LogP contribution is 2.33. The molecule has 1 atom stereocenters. The van der Waals surface area contributed by atoms with Crippen LogP contribution in [0.4, 0.5) is 5.13 Å². The zero-order chi connectivity index (χ0) is 26.2. The summed E-state index contributed by atoms with van der Waals surface area (Å²) < 4.78 is 28.9. The van der Waals surface area contributed by atoms with E-state index in [-0.39, 0.29) is 17.3 Å². The molecule has 1 saturated heterocycles. The number of aryl methyl sites for hydroxylation is 2. The second-order valence-electron chi connectivity index (χ2n) is 9.70. The Morgan fingerprint density at radius 3 is 2.59 bits per heavy atom. The molecule has 1 fully saturated rings. The quantitative estimate of drug-likeness (QED) is 0.323. The van der Waals surface area contributed by atoms with Gasteiger partial charge in [0.05, 0.1) is 27.4 Å². The number of nitrogens with zero attached hydrogens (tertiary/aromatic N) is 4. The number of rotatable bonds is 6. The maximum atomic E-state index is 13.8. The molecule has 37 heavy (non-hydrogen) atoms. The Labute approximate surface area is 221 Å². The number of aromatic nitrogens is 2. The molecule has 1 aliphatic rings. The summed E-state index contributed by atoms with van der Waals surface area (Å²) in [6.45, 7) is 7.46. The molecular formula is C28H30N4O3S2. The molecule has 0 aliphatic carbocycles. The van der Waals surface area contributed by atoms with E-state index in [1.807, 2.05) is 38.1 Å². The first-order chi connectivity index (χ1) is 17.7. The van der Waals surface area contributed by atoms with E-state index in [2.05, 4.69) is 18.0 Å². The summed E-state index contributed by atoms with van der Waals surface area (Å²) in [6.07, 6.45) is 3.60. The Balaban J connectivity index is 1.48. The molecule has 0 spiro atoms. The summed E-state index contributed by atoms with van der Waals surface area (Å²) in [7, 11) is -3.60. The standard InChI is InChI=1S/C28H30N4O3S2/c1-19-7-6-16-31(17-19)37(34,35)24-12-10-22(11-13-24)27(33)32(18-23-8-4-5-15-29-23)28-30-26-21(3)20(2)9-14-25(26)36-28/h4-5,8-15,19H,6-7,16-18H2,1-3H3. The third-order valence-corrected chi connectivity index (χ3v) is 9.88. The van der Waals surface area contributed by atoms with Crippen LogP contribution in [0.5, 0.6) is 0 Å². The smallest absolute Gasteiger partial charge is 0.260 e. The van der Waals surface area contributed by atoms with Gasteiger partial charge in [-0.15, -0.1) is 0 Å². The minimum Gasteiger partial charge on any atom is -0.278 e. The SMILES string of the molecule is Cc1ccc2sc(N(Cc3ccccn3)C(=O)c3ccc(S(=O)(=O)N4CCCC(C)C4)cc3)nc2c1C. The Hall–Kier alpha value is -3.14. The van der Waals surface area contributed by atoms with E-state index in [9.17, 15) is 13.2 Å². The first kappa shape index (κ1) is 25.5. The minimum absolute atomic E-state index is 0.209. The molecule has 2 aromatic carbocycles. The van der Waals surface area contributed by atoms with Gasteiger partial charge in [0.1, 0.15) is 0 Å². The van der Waals surface area contributed by atoms with Gasteiger partial charge in [0.2, 0.25) is 10.0 Å². The van der Waals surface area contributed by atoms with Crippen LogP contribution in [0.15, 0.2) is 65.7 Å². The zero-order valence-electron chi connectivity index (χ0n) is 21.2. The lowest BCUT2D eigenvalue weighted by molar-refractivity contribution is 0.0984. The Kier molecular flexibility index (Phi) is 7.11. The lowest BCUT2D eigenvalue weighted by atomic mass is 10.0. The van der Waals surface area contributed by atoms with Crippen molar-refractivity contribution in [3.63, 3.8) is 0 Å². The number of anilines is 1. The van der Waals surface area contributed by atoms with Crippen molar-refractivity contribution in [2.24, 2.45) is 5.92 Å². The number of benzene rings is 2. The molecule has 2 aromatic heterocycles. The lowest BCUT2D eigenvalue weighted by Crippen LogP contribution is -2.39. The average Bonchev–Trinajstić information content (AvgIpc) is 3.34. The van der Waals surface area contributed by atoms with Crippen LogP contribution in [0.1, 0.15) is 46.9 Å². The minimum atomic E-state index is -3.60. The van der Waals surface area contributed by atoms with Gasteiger partial charge in [-0.05, 0) is 86.2 Å². The molecule has 1 aliphatic heterocycles. The fraction of sp³-hybridized carbons (Fsp3) is 0.321. The molecule has 7 nitrogen and oxygen atoms in total. The highest BCUT2D eigenvalue weighted by atomic mass is 32.2. The fourth-order valence-electron chi connectivity index (χ4n) is 4.65. The van der Waals surface area contributed by atoms with E-state index in [0.717, 1.165) is 39.9 Å². The maximum Gasteiger partial charge on any atom is 0.260 e. The van der Waals surface area contributed by atoms with E-state index in [1.165, 1.54) is 23.5 Å². The Morgan fingerprint density at radius 2 is 1.89 bits per heavy atom. The van der Waals surface area contributed by atoms with Crippen LogP contribution in [0.2, 0.25) is 0 Å². The topological polar surface area (TPSA) is 83.5 Å². The number of carbonyl (C=O) groups excluding carboxylic acids is 1. The molecule has 9 heteroatoms. The highest BCUT2D eigenvalue weighted by molar-refractivity contribution is 7.89. The van der Waals surface area contributed by atoms with E-state index in [0.29, 0.717) is 29.7 Å². The lowest BCUT2D eigenvalue weighted by Gasteiger charge is -2.30. The Morgan fingerprint density at radius 1 is 1.11 bits per heavy atom. The van der Waals surface area contributed by atoms with Crippen molar-refractivity contribution in [3.8, 4) is 0 Å². The molecule has 0 bridgehead atoms. The first-order valence-electron chi connectivity index (χ1n) is 12.4. The van der Waals surface area contributed by atoms with Gasteiger partial charge in [-0.25, -0.2) is 13.4 Å². The van der Waals surface area contributed by atoms with E-state index >= 15 is 0 Å². The third-order valence-electron chi connectivity index (χ3n) is 6.95. The molecule has 0 radical (unpaired) electrons. The van der Waals surface area contributed by atoms with Gasteiger partial charge in [0.25, 0.3) is 5.91 Å². The van der Waals surface area contributed by atoms with Crippen molar-refractivity contribution in [2.75, 3.05) is 18.0 Å². The van der Waals surface area contributed by atoms with Crippen LogP contribution in [-0.4, -0.2) is 41.7 Å². The van der Waals surface area contributed by atoms with Crippen molar-refractivity contribution < 1.29 is 13.2 Å². The van der Waals surface area contributed by atoms with Gasteiger partial charge in [-0.3, -0.25) is 14.7 Å². The number of carbonyl (C=O) groups is 1. The number of amides is 1. The number of thiazole rings is 1. The van der Waals surface area contributed by atoms with Gasteiger partial charge < -0.3 is 0 Å². The summed E-state index contributed by atoms with van der Waals surface area (Å²) in [4.78, 5) is 24.9. The molecule has 0 saturated carbocycles. The van der Waals surface area contributed by atoms with Gasteiger partial charge in [0.15, 0.2) is 5.13 Å². The van der Waals surface area contributed by atoms with Crippen LogP contribution >= 0.6 is 11.3 Å². The van der Waals surface area contributed by atoms with Crippen LogP contribution in [0, 0.1) is 19.8 Å². The van der Waals surface area contributed by atoms with E-state index in [4.69, 9.17) is 4.98 Å². The monoisotopic (exact) mass is 534 g/mol. The maximum absolute atomic E-state index is 13.8. The van der Waals surface area contributed by atoms with Gasteiger partial charge in [0, 0.05) is 24.8 Å². The second kappa shape index (κ2) is 10.3. The molecule has 1 amide bonds. The van der Waals surface area contributed by atoms with Crippen molar-refractivity contribution in [1.29, 1.82) is 0 Å². The van der Waals surface area contributed by atoms with Crippen LogP contribution in [0.3, 0.4) is 0 Å². The van der Waals surface area contributed by atoms with Crippen molar-refractivity contribution in [1.82, 2.24) is 14.3 Å². The largest absolute Gasteiger partial charge is 0.278 e. The van der Waals surface area contributed by atoms with Crippen molar-refractivity contribution in [2.45, 2.75) is 45.1 Å². The van der Waals surface area contributed by atoms with Crippen molar-refractivity contribution >= 4 is 42.6 Å². The number of fused-ring (bicyclic) bond motifs is 1. The van der Waals surface area contributed by atoms with Crippen LogP contribution in [0.25, 0.3) is 10.2 Å². The van der Waals surface area contributed by atoms with Gasteiger partial charge >= 0.3 is 0 Å². The van der Waals surface area contributed by atoms with E-state index < -0.39 is 10.0 Å². The number of hydrogen-bond donors (Lipinski definition) is 0. The summed E-state index contributed by atoms with van der Waals surface area (Å²) >= 11 is 1.46. The fourth-order valence-corrected chi connectivity index (χ4v) is 7.27. The number of sulfonamides is 1. The molecular weight excluding hydrogens is 504 g/mol. The molecule has 3 heterocycles. The Bertz CT molecular complexity index is 1530. The van der Waals surface area contributed by atoms with Gasteiger partial charge in [-0.2, -0.15) is 4.31 Å². The van der Waals surface area contributed by atoms with Gasteiger partial charge in [-0.1, -0.05) is 30.4 Å². The predicted molar refractivity (Wildman–Crippen MR) is 147 cm³/mol. The summed E-state index contributed by atoms with van der Waals surface area (Å²) in [6, 6.07) is 15.9. The predicted octanol–water partition coefficient (Wildman–Crippen LogP) is 5.58. The summed E-state index contributed by atoms with van der Waals surface area (Å²) in [5.74, 6) is 0.0837. The average molecular weight is 535 g/mol. The summed E-state index contributed by atoms with van der Waals surface area (Å²) in [5.41, 5.74) is 4.25. The number of hydrogen-bond acceptors (Lipinski definition) is 6.